The first kappa shape index (κ1) is 65.4. The summed E-state index contributed by atoms with van der Waals surface area (Å²) in [5, 5.41) is 30.2. The molecule has 1 aromatic rings. The summed E-state index contributed by atoms with van der Waals surface area (Å²) in [7, 11) is 4.29. The Morgan fingerprint density at radius 1 is 0.861 bits per heavy atom. The average molecular weight is 1110 g/mol. The first-order valence-corrected chi connectivity index (χ1v) is 28.0. The smallest absolute Gasteiger partial charge is 0.329 e. The van der Waals surface area contributed by atoms with Crippen molar-refractivity contribution in [1.29, 1.82) is 0 Å². The molecule has 1 aromatic carbocycles. The second-order valence-corrected chi connectivity index (χ2v) is 23.0. The molecule has 3 aliphatic heterocycles. The number of nitrogens with zero attached hydrogens (tertiary/aromatic N) is 4. The van der Waals surface area contributed by atoms with Gasteiger partial charge in [0.2, 0.25) is 35.4 Å². The van der Waals surface area contributed by atoms with Crippen molar-refractivity contribution in [2.45, 2.75) is 201 Å². The average Bonchev–Trinajstić information content (AvgIpc) is 4.13. The summed E-state index contributed by atoms with van der Waals surface area (Å²) in [4.78, 5) is 149. The Morgan fingerprint density at radius 3 is 2.06 bits per heavy atom. The van der Waals surface area contributed by atoms with Gasteiger partial charge in [-0.15, -0.1) is 0 Å². The van der Waals surface area contributed by atoms with Crippen LogP contribution in [0.2, 0.25) is 0 Å². The largest absolute Gasteiger partial charge is 0.497 e. The topological polar surface area (TPSA) is 288 Å². The molecule has 22 nitrogen and oxygen atoms in total. The first-order valence-electron chi connectivity index (χ1n) is 28.0. The molecule has 3 heterocycles. The molecule has 0 aliphatic carbocycles. The molecule has 3 fully saturated rings. The number of likely N-dealkylation sites (tertiary alicyclic amines) is 1. The number of cyclic esters (lactones) is 2. The van der Waals surface area contributed by atoms with Gasteiger partial charge in [0.1, 0.15) is 54.2 Å². The van der Waals surface area contributed by atoms with Crippen LogP contribution in [0.4, 0.5) is 0 Å². The van der Waals surface area contributed by atoms with E-state index in [0.717, 1.165) is 0 Å². The van der Waals surface area contributed by atoms with Gasteiger partial charge < -0.3 is 60.0 Å². The minimum atomic E-state index is -1.76. The van der Waals surface area contributed by atoms with Gasteiger partial charge in [0.25, 0.3) is 5.91 Å². The standard InChI is InChI=1S/C57H89N7O15/c1-15-33(8)46-44(66)29-45(67)79-49(32(6)7)48(68)34(9)50(69)58-39(26-30(2)3)54(73)64-25-17-19-41(64)56(75)62(13)43(28-37-20-22-38(77-14)23-21-37)57(76)78-36(11)47(52(71)59-46)60-51(70)42(27-31(4)5)61(12)55(74)40-18-16-24-63(40)53(72)35(10)65/h20-23,30-36,39-44,46-47,49,65-66H,15-19,24-29H2,1-14H3,(H,58,69)(H,59,71)(H,60,70)/t33-,34-,35-,36+,39-,40?,41-,42+,43?,44-,46+,47-,49-/m0/s1. The van der Waals surface area contributed by atoms with E-state index in [1.54, 1.807) is 52.0 Å². The summed E-state index contributed by atoms with van der Waals surface area (Å²) >= 11 is 0. The Balaban J connectivity index is 1.89. The van der Waals surface area contributed by atoms with Gasteiger partial charge >= 0.3 is 11.9 Å². The number of likely N-dealkylation sites (N-methyl/N-ethyl adjacent to an activating group) is 2. The Bertz CT molecular complexity index is 2330. The van der Waals surface area contributed by atoms with E-state index in [0.29, 0.717) is 30.6 Å². The number of fused-ring (bicyclic) bond motifs is 1. The van der Waals surface area contributed by atoms with E-state index in [2.05, 4.69) is 16.0 Å². The summed E-state index contributed by atoms with van der Waals surface area (Å²) < 4.78 is 17.2. The number of hydrogen-bond donors (Lipinski definition) is 5. The number of carbonyl (C=O) groups excluding carboxylic acids is 10. The predicted octanol–water partition coefficient (Wildman–Crippen LogP) is 2.32. The van der Waals surface area contributed by atoms with Crippen molar-refractivity contribution in [1.82, 2.24) is 35.6 Å². The molecule has 0 radical (unpaired) electrons. The highest BCUT2D eigenvalue weighted by atomic mass is 16.6. The molecular weight excluding hydrogens is 1020 g/mol. The summed E-state index contributed by atoms with van der Waals surface area (Å²) in [6, 6.07) is -2.19. The molecule has 2 unspecified atom stereocenters. The molecule has 3 aliphatic rings. The van der Waals surface area contributed by atoms with Gasteiger partial charge in [-0.05, 0) is 101 Å². The number of rotatable bonds is 15. The number of ketones is 1. The molecule has 3 saturated heterocycles. The number of hydrogen-bond acceptors (Lipinski definition) is 15. The minimum absolute atomic E-state index is 0.0720. The van der Waals surface area contributed by atoms with Crippen LogP contribution in [0.15, 0.2) is 24.3 Å². The molecule has 0 saturated carbocycles. The Hall–Kier alpha value is -6.16. The van der Waals surface area contributed by atoms with Crippen LogP contribution in [0.1, 0.15) is 133 Å². The van der Waals surface area contributed by atoms with Gasteiger partial charge in [0, 0.05) is 33.6 Å². The fourth-order valence-corrected chi connectivity index (χ4v) is 10.5. The molecule has 4 rings (SSSR count). The lowest BCUT2D eigenvalue weighted by Crippen LogP contribution is -2.62. The van der Waals surface area contributed by atoms with Crippen LogP contribution in [0.5, 0.6) is 5.75 Å². The number of Topliss-reactive ketones (excluding diaryl/α,β-unsaturated/α-hetero) is 1. The van der Waals surface area contributed by atoms with Crippen LogP contribution in [-0.4, -0.2) is 190 Å². The van der Waals surface area contributed by atoms with E-state index < -0.39 is 150 Å². The van der Waals surface area contributed by atoms with E-state index in [-0.39, 0.29) is 57.0 Å². The third kappa shape index (κ3) is 16.9. The van der Waals surface area contributed by atoms with Gasteiger partial charge in [-0.2, -0.15) is 0 Å². The Morgan fingerprint density at radius 2 is 1.49 bits per heavy atom. The zero-order chi connectivity index (χ0) is 59.3. The fraction of sp³-hybridized carbons (Fsp3) is 0.719. The second-order valence-electron chi connectivity index (χ2n) is 23.0. The molecule has 13 atom stereocenters. The highest BCUT2D eigenvalue weighted by molar-refractivity contribution is 6.05. The second kappa shape index (κ2) is 29.3. The van der Waals surface area contributed by atoms with Crippen molar-refractivity contribution >= 4 is 59.1 Å². The lowest BCUT2D eigenvalue weighted by atomic mass is 9.91. The Kier molecular flexibility index (Phi) is 24.3. The van der Waals surface area contributed by atoms with Crippen molar-refractivity contribution < 1.29 is 72.4 Å². The van der Waals surface area contributed by atoms with Crippen molar-refractivity contribution in [2.75, 3.05) is 34.3 Å². The number of amides is 7. The van der Waals surface area contributed by atoms with Crippen LogP contribution in [0.25, 0.3) is 0 Å². The number of benzene rings is 1. The van der Waals surface area contributed by atoms with E-state index in [1.807, 2.05) is 27.7 Å². The molecule has 79 heavy (non-hydrogen) atoms. The normalized spacial score (nSPS) is 27.7. The van der Waals surface area contributed by atoms with Crippen LogP contribution < -0.4 is 20.7 Å². The maximum absolute atomic E-state index is 15.0. The fourth-order valence-electron chi connectivity index (χ4n) is 10.5. The first-order chi connectivity index (χ1) is 37.0. The molecule has 0 aromatic heterocycles. The number of nitrogens with one attached hydrogen (secondary N) is 3. The molecular formula is C57H89N7O15. The molecule has 7 amide bonds. The van der Waals surface area contributed by atoms with Crippen LogP contribution >= 0.6 is 0 Å². The molecule has 442 valence electrons. The summed E-state index contributed by atoms with van der Waals surface area (Å²) in [6.45, 7) is 18.4. The van der Waals surface area contributed by atoms with Crippen LogP contribution in [0.3, 0.4) is 0 Å². The third-order valence-corrected chi connectivity index (χ3v) is 15.5. The van der Waals surface area contributed by atoms with Crippen molar-refractivity contribution in [3.8, 4) is 5.75 Å². The van der Waals surface area contributed by atoms with Crippen molar-refractivity contribution in [3.63, 3.8) is 0 Å². The van der Waals surface area contributed by atoms with Crippen LogP contribution in [-0.2, 0) is 63.8 Å². The van der Waals surface area contributed by atoms with E-state index in [1.165, 1.54) is 61.6 Å². The Labute approximate surface area is 465 Å². The number of methoxy groups -OCH3 is 1. The highest BCUT2D eigenvalue weighted by Gasteiger charge is 2.46. The lowest BCUT2D eigenvalue weighted by molar-refractivity contribution is -0.163. The SMILES string of the molecule is CC[C@H](C)[C@H]1NC(=O)[C@@H](NC(=O)[C@@H](CC(C)C)N(C)C(=O)C2CCCN2C(=O)[C@H](C)O)[C@@H](C)OC(=O)C(Cc2ccc(OC)cc2)N(C)C(=O)[C@@H]2CCCN2C(=O)[C@H](CC(C)C)NC(=O)[C@@H](C)C(=O)[C@H](C(C)C)OC(=O)C[C@@H]1O. The number of esters is 2. The van der Waals surface area contributed by atoms with Crippen molar-refractivity contribution in [3.05, 3.63) is 29.8 Å². The molecule has 22 heteroatoms. The highest BCUT2D eigenvalue weighted by Crippen LogP contribution is 2.27. The zero-order valence-electron chi connectivity index (χ0n) is 48.8. The van der Waals surface area contributed by atoms with Crippen molar-refractivity contribution in [2.24, 2.45) is 29.6 Å². The number of ether oxygens (including phenoxy) is 3. The van der Waals surface area contributed by atoms with Crippen LogP contribution in [0, 0.1) is 29.6 Å². The maximum Gasteiger partial charge on any atom is 0.329 e. The third-order valence-electron chi connectivity index (χ3n) is 15.5. The number of aliphatic hydroxyl groups excluding tert-OH is 2. The molecule has 5 N–H and O–H groups in total. The maximum atomic E-state index is 15.0. The summed E-state index contributed by atoms with van der Waals surface area (Å²) in [5.41, 5.74) is 0.571. The number of carbonyl (C=O) groups is 10. The summed E-state index contributed by atoms with van der Waals surface area (Å²) in [6.07, 6.45) is -4.99. The molecule has 0 bridgehead atoms. The predicted molar refractivity (Wildman–Crippen MR) is 290 cm³/mol. The van der Waals surface area contributed by atoms with Gasteiger partial charge in [-0.25, -0.2) is 4.79 Å². The van der Waals surface area contributed by atoms with Gasteiger partial charge in [0.15, 0.2) is 11.9 Å². The summed E-state index contributed by atoms with van der Waals surface area (Å²) in [5.74, 6) is -10.3. The van der Waals surface area contributed by atoms with Gasteiger partial charge in [-0.3, -0.25) is 43.2 Å². The quantitative estimate of drug-likeness (QED) is 0.124. The number of aliphatic hydroxyl groups is 2. The zero-order valence-corrected chi connectivity index (χ0v) is 48.8. The van der Waals surface area contributed by atoms with E-state index >= 15 is 4.79 Å². The van der Waals surface area contributed by atoms with Gasteiger partial charge in [0.05, 0.1) is 31.6 Å². The van der Waals surface area contributed by atoms with E-state index in [4.69, 9.17) is 14.2 Å². The van der Waals surface area contributed by atoms with E-state index in [9.17, 15) is 53.4 Å². The molecule has 0 spiro atoms. The monoisotopic (exact) mass is 1110 g/mol. The minimum Gasteiger partial charge on any atom is -0.497 e. The van der Waals surface area contributed by atoms with Gasteiger partial charge in [-0.1, -0.05) is 73.9 Å². The lowest BCUT2D eigenvalue weighted by Gasteiger charge is -2.36.